The van der Waals surface area contributed by atoms with Crippen molar-refractivity contribution in [3.05, 3.63) is 30.3 Å². The molecule has 0 bridgehead atoms. The number of hydrogen-bond donors (Lipinski definition) is 0. The van der Waals surface area contributed by atoms with Crippen molar-refractivity contribution in [2.24, 2.45) is 0 Å². The minimum Gasteiger partial charge on any atom is -0.420 e. The highest BCUT2D eigenvalue weighted by Gasteiger charge is 2.39. The molecule has 18 heavy (non-hydrogen) atoms. The van der Waals surface area contributed by atoms with E-state index in [9.17, 15) is 0 Å². The summed E-state index contributed by atoms with van der Waals surface area (Å²) in [6.45, 7) is 16.4. The van der Waals surface area contributed by atoms with Crippen molar-refractivity contribution in [1.82, 2.24) is 0 Å². The molecule has 0 spiro atoms. The molecule has 0 N–H and O–H groups in total. The van der Waals surface area contributed by atoms with Crippen LogP contribution in [-0.2, 0) is 4.43 Å². The molecular weight excluding hydrogens is 252 g/mol. The summed E-state index contributed by atoms with van der Waals surface area (Å²) in [5.41, 5.74) is 0. The van der Waals surface area contributed by atoms with E-state index in [0.717, 1.165) is 6.23 Å². The fourth-order valence-corrected chi connectivity index (χ4v) is 6.13. The predicted octanol–water partition coefficient (Wildman–Crippen LogP) is 4.16. The van der Waals surface area contributed by atoms with Crippen LogP contribution in [0.4, 0.5) is 0 Å². The molecule has 0 radical (unpaired) electrons. The Morgan fingerprint density at radius 3 is 1.89 bits per heavy atom. The zero-order chi connectivity index (χ0) is 14.0. The van der Waals surface area contributed by atoms with E-state index in [1.54, 1.807) is 0 Å². The maximum absolute atomic E-state index is 6.41. The second-order valence-electron chi connectivity index (χ2n) is 7.30. The summed E-state index contributed by atoms with van der Waals surface area (Å²) in [6, 6.07) is 10.9. The van der Waals surface area contributed by atoms with Crippen molar-refractivity contribution in [1.29, 1.82) is 0 Å². The first-order chi connectivity index (χ1) is 8.06. The lowest BCUT2D eigenvalue weighted by Crippen LogP contribution is -2.51. The number of rotatable bonds is 4. The highest BCUT2D eigenvalue weighted by Crippen LogP contribution is 2.36. The number of benzene rings is 1. The predicted molar refractivity (Wildman–Crippen MR) is 86.7 cm³/mol. The molecule has 0 atom stereocenters. The summed E-state index contributed by atoms with van der Waals surface area (Å²) < 4.78 is 6.41. The van der Waals surface area contributed by atoms with Gasteiger partial charge in [-0.1, -0.05) is 69.4 Å². The second-order valence-corrected chi connectivity index (χ2v) is 16.7. The van der Waals surface area contributed by atoms with Gasteiger partial charge in [0.1, 0.15) is 8.07 Å². The van der Waals surface area contributed by atoms with E-state index < -0.39 is 16.4 Å². The van der Waals surface area contributed by atoms with E-state index in [1.807, 2.05) is 0 Å². The third kappa shape index (κ3) is 3.80. The van der Waals surface area contributed by atoms with Gasteiger partial charge < -0.3 is 4.43 Å². The SMILES string of the molecule is CC(C)(C)[Si](C)(C)OC[Si](C)(C)c1ccccc1. The van der Waals surface area contributed by atoms with E-state index in [1.165, 1.54) is 5.19 Å². The van der Waals surface area contributed by atoms with Gasteiger partial charge in [0.25, 0.3) is 0 Å². The summed E-state index contributed by atoms with van der Waals surface area (Å²) in [6.07, 6.45) is 0.938. The van der Waals surface area contributed by atoms with Crippen LogP contribution in [0.15, 0.2) is 30.3 Å². The molecule has 0 unspecified atom stereocenters. The Morgan fingerprint density at radius 2 is 1.44 bits per heavy atom. The quantitative estimate of drug-likeness (QED) is 0.752. The molecule has 0 heterocycles. The van der Waals surface area contributed by atoms with Crippen molar-refractivity contribution in [3.8, 4) is 0 Å². The summed E-state index contributed by atoms with van der Waals surface area (Å²) in [5, 5.41) is 1.79. The van der Waals surface area contributed by atoms with Gasteiger partial charge in [0.05, 0.1) is 0 Å². The zero-order valence-electron chi connectivity index (χ0n) is 13.0. The molecule has 1 aromatic carbocycles. The van der Waals surface area contributed by atoms with Crippen LogP contribution in [0.25, 0.3) is 0 Å². The van der Waals surface area contributed by atoms with E-state index in [4.69, 9.17) is 4.43 Å². The summed E-state index contributed by atoms with van der Waals surface area (Å²) in [5.74, 6) is 0. The topological polar surface area (TPSA) is 9.23 Å². The van der Waals surface area contributed by atoms with Crippen LogP contribution in [0, 0.1) is 0 Å². The standard InChI is InChI=1S/C15H28OSi2/c1-15(2,3)18(6,7)16-13-17(4,5)14-11-9-8-10-12-14/h8-12H,13H2,1-7H3. The Kier molecular flexibility index (Phi) is 4.62. The lowest BCUT2D eigenvalue weighted by Gasteiger charge is -2.38. The minimum atomic E-state index is -1.61. The molecule has 0 saturated heterocycles. The van der Waals surface area contributed by atoms with Crippen molar-refractivity contribution in [3.63, 3.8) is 0 Å². The van der Waals surface area contributed by atoms with E-state index in [0.29, 0.717) is 5.04 Å². The van der Waals surface area contributed by atoms with Crippen molar-refractivity contribution in [2.45, 2.75) is 52.0 Å². The van der Waals surface area contributed by atoms with Crippen LogP contribution in [0.3, 0.4) is 0 Å². The highest BCUT2D eigenvalue weighted by molar-refractivity contribution is 6.90. The fourth-order valence-electron chi connectivity index (χ4n) is 1.55. The molecule has 0 saturated carbocycles. The van der Waals surface area contributed by atoms with Crippen LogP contribution < -0.4 is 5.19 Å². The molecule has 3 heteroatoms. The molecule has 1 rings (SSSR count). The largest absolute Gasteiger partial charge is 0.420 e. The smallest absolute Gasteiger partial charge is 0.191 e. The molecule has 0 amide bonds. The van der Waals surface area contributed by atoms with Gasteiger partial charge in [0.2, 0.25) is 0 Å². The molecular formula is C15H28OSi2. The minimum absolute atomic E-state index is 0.300. The Morgan fingerprint density at radius 1 is 0.944 bits per heavy atom. The van der Waals surface area contributed by atoms with Gasteiger partial charge in [-0.15, -0.1) is 0 Å². The average molecular weight is 281 g/mol. The molecule has 1 nitrogen and oxygen atoms in total. The fraction of sp³-hybridized carbons (Fsp3) is 0.600. The third-order valence-electron chi connectivity index (χ3n) is 4.16. The zero-order valence-corrected chi connectivity index (χ0v) is 15.0. The van der Waals surface area contributed by atoms with E-state index in [-0.39, 0.29) is 0 Å². The van der Waals surface area contributed by atoms with Gasteiger partial charge in [0, 0.05) is 6.23 Å². The molecule has 0 aromatic heterocycles. The lowest BCUT2D eigenvalue weighted by atomic mass is 10.2. The summed E-state index contributed by atoms with van der Waals surface area (Å²) >= 11 is 0. The second kappa shape index (κ2) is 5.31. The van der Waals surface area contributed by atoms with Crippen LogP contribution in [0.1, 0.15) is 20.8 Å². The Bertz CT molecular complexity index is 377. The lowest BCUT2D eigenvalue weighted by molar-refractivity contribution is 0.342. The van der Waals surface area contributed by atoms with Crippen LogP contribution in [0.2, 0.25) is 31.2 Å². The first-order valence-corrected chi connectivity index (χ1v) is 12.9. The Labute approximate surface area is 115 Å². The van der Waals surface area contributed by atoms with Crippen LogP contribution in [0.5, 0.6) is 0 Å². The molecule has 0 aliphatic heterocycles. The molecule has 0 aliphatic carbocycles. The Hall–Kier alpha value is -0.386. The third-order valence-corrected chi connectivity index (χ3v) is 11.7. The van der Waals surface area contributed by atoms with Crippen molar-refractivity contribution in [2.75, 3.05) is 6.23 Å². The maximum atomic E-state index is 6.41. The van der Waals surface area contributed by atoms with Gasteiger partial charge in [-0.05, 0) is 18.1 Å². The van der Waals surface area contributed by atoms with Crippen molar-refractivity contribution < 1.29 is 4.43 Å². The molecule has 0 aliphatic rings. The van der Waals surface area contributed by atoms with Gasteiger partial charge in [-0.25, -0.2) is 0 Å². The highest BCUT2D eigenvalue weighted by atomic mass is 28.4. The monoisotopic (exact) mass is 280 g/mol. The first kappa shape index (κ1) is 15.7. The van der Waals surface area contributed by atoms with Gasteiger partial charge >= 0.3 is 0 Å². The van der Waals surface area contributed by atoms with Crippen molar-refractivity contribution >= 4 is 21.6 Å². The van der Waals surface area contributed by atoms with Gasteiger partial charge in [-0.3, -0.25) is 0 Å². The Balaban J connectivity index is 2.74. The molecule has 102 valence electrons. The van der Waals surface area contributed by atoms with E-state index >= 15 is 0 Å². The van der Waals surface area contributed by atoms with Crippen LogP contribution in [-0.4, -0.2) is 22.6 Å². The van der Waals surface area contributed by atoms with Crippen LogP contribution >= 0.6 is 0 Å². The summed E-state index contributed by atoms with van der Waals surface area (Å²) in [7, 11) is -3.07. The van der Waals surface area contributed by atoms with Gasteiger partial charge in [-0.2, -0.15) is 0 Å². The average Bonchev–Trinajstić information content (AvgIpc) is 2.26. The normalized spacial score (nSPS) is 13.7. The number of hydrogen-bond acceptors (Lipinski definition) is 1. The maximum Gasteiger partial charge on any atom is 0.191 e. The molecule has 0 fully saturated rings. The molecule has 1 aromatic rings. The van der Waals surface area contributed by atoms with E-state index in [2.05, 4.69) is 77.3 Å². The van der Waals surface area contributed by atoms with Gasteiger partial charge in [0.15, 0.2) is 8.32 Å². The first-order valence-electron chi connectivity index (χ1n) is 6.76. The summed E-state index contributed by atoms with van der Waals surface area (Å²) in [4.78, 5) is 0.